The zero-order chi connectivity index (χ0) is 68.3. The summed E-state index contributed by atoms with van der Waals surface area (Å²) in [5.41, 5.74) is 0. The molecule has 0 spiro atoms. The van der Waals surface area contributed by atoms with Crippen LogP contribution in [-0.4, -0.2) is 70.0 Å². The zero-order valence-corrected chi connectivity index (χ0v) is 64.6. The molecule has 0 amide bonds. The van der Waals surface area contributed by atoms with Crippen LogP contribution >= 0.6 is 7.82 Å². The van der Waals surface area contributed by atoms with Gasteiger partial charge in [-0.05, 0) is 51.4 Å². The first-order valence-electron chi connectivity index (χ1n) is 41.7. The molecule has 0 aliphatic heterocycles. The molecule has 94 heavy (non-hydrogen) atoms. The number of carbonyl (C=O) groups is 2. The molecule has 0 aliphatic carbocycles. The highest BCUT2D eigenvalue weighted by molar-refractivity contribution is 7.45. The summed E-state index contributed by atoms with van der Waals surface area (Å²) in [4.78, 5) is 38.2. The van der Waals surface area contributed by atoms with Crippen molar-refractivity contribution in [3.05, 3.63) is 36.5 Å². The number of unbranched alkanes of at least 4 members (excludes halogenated alkanes) is 59. The largest absolute Gasteiger partial charge is 0.756 e. The summed E-state index contributed by atoms with van der Waals surface area (Å²) in [7, 11) is 1.19. The molecule has 0 aromatic rings. The van der Waals surface area contributed by atoms with Gasteiger partial charge in [0.15, 0.2) is 6.10 Å². The predicted octanol–water partition coefficient (Wildman–Crippen LogP) is 27.1. The van der Waals surface area contributed by atoms with E-state index in [1.54, 1.807) is 0 Å². The lowest BCUT2D eigenvalue weighted by Gasteiger charge is -2.28. The number of hydrogen-bond acceptors (Lipinski definition) is 8. The van der Waals surface area contributed by atoms with Crippen molar-refractivity contribution in [3.8, 4) is 0 Å². The molecule has 2 unspecified atom stereocenters. The van der Waals surface area contributed by atoms with Gasteiger partial charge in [0.2, 0.25) is 0 Å². The molecule has 2 atom stereocenters. The Kier molecular flexibility index (Phi) is 74.0. The monoisotopic (exact) mass is 1340 g/mol. The number of phosphoric ester groups is 1. The fourth-order valence-corrected chi connectivity index (χ4v) is 13.5. The first-order valence-corrected chi connectivity index (χ1v) is 43.2. The summed E-state index contributed by atoms with van der Waals surface area (Å²) >= 11 is 0. The maximum Gasteiger partial charge on any atom is 0.306 e. The topological polar surface area (TPSA) is 111 Å². The molecular formula is C84H162NO8P. The first-order chi connectivity index (χ1) is 46.0. The highest BCUT2D eigenvalue weighted by Crippen LogP contribution is 2.38. The molecule has 0 bridgehead atoms. The molecule has 0 saturated heterocycles. The van der Waals surface area contributed by atoms with E-state index in [-0.39, 0.29) is 32.0 Å². The molecule has 556 valence electrons. The van der Waals surface area contributed by atoms with Crippen LogP contribution in [0.15, 0.2) is 36.5 Å². The van der Waals surface area contributed by atoms with Gasteiger partial charge in [-0.2, -0.15) is 0 Å². The molecule has 0 N–H and O–H groups in total. The fourth-order valence-electron chi connectivity index (χ4n) is 12.8. The Bertz CT molecular complexity index is 1680. The van der Waals surface area contributed by atoms with Crippen LogP contribution in [0, 0.1) is 0 Å². The van der Waals surface area contributed by atoms with Crippen LogP contribution in [-0.2, 0) is 32.7 Å². The lowest BCUT2D eigenvalue weighted by Crippen LogP contribution is -2.37. The third-order valence-electron chi connectivity index (χ3n) is 19.2. The maximum absolute atomic E-state index is 12.9. The lowest BCUT2D eigenvalue weighted by atomic mass is 10.0. The Labute approximate surface area is 586 Å². The lowest BCUT2D eigenvalue weighted by molar-refractivity contribution is -0.870. The van der Waals surface area contributed by atoms with Gasteiger partial charge < -0.3 is 27.9 Å². The van der Waals surface area contributed by atoms with Crippen LogP contribution in [0.5, 0.6) is 0 Å². The van der Waals surface area contributed by atoms with Crippen molar-refractivity contribution in [3.63, 3.8) is 0 Å². The van der Waals surface area contributed by atoms with E-state index in [0.29, 0.717) is 17.4 Å². The molecule has 0 aromatic carbocycles. The Hall–Kier alpha value is -1.77. The molecule has 0 aliphatic rings. The highest BCUT2D eigenvalue weighted by Gasteiger charge is 2.22. The number of allylic oxidation sites excluding steroid dienone is 6. The van der Waals surface area contributed by atoms with Gasteiger partial charge in [0.05, 0.1) is 27.7 Å². The van der Waals surface area contributed by atoms with E-state index in [9.17, 15) is 19.0 Å². The molecular weight excluding hydrogens is 1180 g/mol. The average Bonchev–Trinajstić information content (AvgIpc) is 1.66. The number of esters is 2. The fraction of sp³-hybridized carbons (Fsp3) is 0.905. The summed E-state index contributed by atoms with van der Waals surface area (Å²) in [6, 6.07) is 0. The average molecular weight is 1350 g/mol. The van der Waals surface area contributed by atoms with Gasteiger partial charge in [-0.3, -0.25) is 14.2 Å². The summed E-state index contributed by atoms with van der Waals surface area (Å²) in [6.07, 6.45) is 98.6. The molecule has 0 rings (SSSR count). The van der Waals surface area contributed by atoms with Gasteiger partial charge >= 0.3 is 11.9 Å². The number of hydrogen-bond donors (Lipinski definition) is 0. The van der Waals surface area contributed by atoms with E-state index < -0.39 is 26.5 Å². The number of phosphoric acid groups is 1. The number of likely N-dealkylation sites (N-methyl/N-ethyl adjacent to an activating group) is 1. The summed E-state index contributed by atoms with van der Waals surface area (Å²) < 4.78 is 34.4. The Morgan fingerprint density at radius 1 is 0.330 bits per heavy atom. The van der Waals surface area contributed by atoms with Crippen LogP contribution in [0.3, 0.4) is 0 Å². The zero-order valence-electron chi connectivity index (χ0n) is 63.7. The van der Waals surface area contributed by atoms with E-state index in [1.807, 2.05) is 21.1 Å². The number of quaternary nitrogens is 1. The third kappa shape index (κ3) is 79.2. The van der Waals surface area contributed by atoms with E-state index in [4.69, 9.17) is 18.5 Å². The second-order valence-electron chi connectivity index (χ2n) is 29.9. The van der Waals surface area contributed by atoms with E-state index in [0.717, 1.165) is 51.4 Å². The second-order valence-corrected chi connectivity index (χ2v) is 31.3. The van der Waals surface area contributed by atoms with Crippen molar-refractivity contribution < 1.29 is 42.1 Å². The molecule has 0 fully saturated rings. The van der Waals surface area contributed by atoms with Crippen molar-refractivity contribution in [2.45, 2.75) is 444 Å². The van der Waals surface area contributed by atoms with Gasteiger partial charge in [-0.25, -0.2) is 0 Å². The highest BCUT2D eigenvalue weighted by atomic mass is 31.2. The van der Waals surface area contributed by atoms with Crippen molar-refractivity contribution >= 4 is 19.8 Å². The number of carbonyl (C=O) groups excluding carboxylic acids is 2. The van der Waals surface area contributed by atoms with Crippen molar-refractivity contribution in [2.75, 3.05) is 47.5 Å². The molecule has 10 heteroatoms. The Balaban J connectivity index is 3.87. The van der Waals surface area contributed by atoms with E-state index in [2.05, 4.69) is 50.3 Å². The SMILES string of the molecule is CCCCCCC/C=C\C/C=C\C/C=C\CCCCCCCCCCCCCCCCCCC(=O)OC(COC(=O)CCCCCCCCCCCCCCCCCCCCCCCCCCCCCCCCCCCCCCCCC)COP(=O)([O-])OCC[N+](C)(C)C. The molecule has 0 saturated carbocycles. The molecule has 9 nitrogen and oxygen atoms in total. The van der Waals surface area contributed by atoms with Gasteiger partial charge in [0.25, 0.3) is 7.82 Å². The van der Waals surface area contributed by atoms with Gasteiger partial charge in [0, 0.05) is 12.8 Å². The summed E-state index contributed by atoms with van der Waals surface area (Å²) in [6.45, 7) is 4.31. The third-order valence-corrected chi connectivity index (χ3v) is 20.1. The normalized spacial score (nSPS) is 13.1. The Morgan fingerprint density at radius 2 is 0.574 bits per heavy atom. The second kappa shape index (κ2) is 75.4. The maximum atomic E-state index is 12.9. The van der Waals surface area contributed by atoms with E-state index in [1.165, 1.54) is 353 Å². The minimum atomic E-state index is -4.64. The minimum Gasteiger partial charge on any atom is -0.756 e. The van der Waals surface area contributed by atoms with Crippen LogP contribution in [0.25, 0.3) is 0 Å². The number of rotatable bonds is 79. The van der Waals surface area contributed by atoms with Crippen molar-refractivity contribution in [1.82, 2.24) is 0 Å². The smallest absolute Gasteiger partial charge is 0.306 e. The first kappa shape index (κ1) is 92.2. The van der Waals surface area contributed by atoms with Crippen molar-refractivity contribution in [1.29, 1.82) is 0 Å². The number of ether oxygens (including phenoxy) is 2. The quantitative estimate of drug-likeness (QED) is 0.0195. The van der Waals surface area contributed by atoms with Crippen molar-refractivity contribution in [2.24, 2.45) is 0 Å². The Morgan fingerprint density at radius 3 is 0.851 bits per heavy atom. The minimum absolute atomic E-state index is 0.0279. The number of nitrogens with zero attached hydrogens (tertiary/aromatic N) is 1. The van der Waals surface area contributed by atoms with Gasteiger partial charge in [-0.1, -0.05) is 410 Å². The predicted molar refractivity (Wildman–Crippen MR) is 407 cm³/mol. The standard InChI is InChI=1S/C84H162NO8P/c1-6-8-10-12-14-16-18-20-22-24-26-28-30-32-34-36-38-39-40-41-42-43-44-45-47-48-50-52-54-56-58-60-62-64-66-68-70-72-74-76-83(86)90-80-82(81-92-94(88,89)91-79-78-85(3,4)5)93-84(87)77-75-73-71-69-67-65-63-61-59-57-55-53-51-49-46-37-35-33-31-29-27-25-23-21-19-17-15-13-11-9-7-2/h19,21,25,27,31,33,82H,6-18,20,22-24,26,28-30,32,34-81H2,1-5H3/b21-19-,27-25-,33-31-. The van der Waals surface area contributed by atoms with Crippen LogP contribution in [0.4, 0.5) is 0 Å². The van der Waals surface area contributed by atoms with Crippen LogP contribution in [0.1, 0.15) is 438 Å². The van der Waals surface area contributed by atoms with Crippen LogP contribution < -0.4 is 4.89 Å². The van der Waals surface area contributed by atoms with Crippen LogP contribution in [0.2, 0.25) is 0 Å². The summed E-state index contributed by atoms with van der Waals surface area (Å²) in [5, 5.41) is 0. The molecule has 0 heterocycles. The van der Waals surface area contributed by atoms with E-state index >= 15 is 0 Å². The molecule has 0 aromatic heterocycles. The van der Waals surface area contributed by atoms with Gasteiger partial charge in [-0.15, -0.1) is 0 Å². The molecule has 0 radical (unpaired) electrons. The van der Waals surface area contributed by atoms with Gasteiger partial charge in [0.1, 0.15) is 19.8 Å². The summed E-state index contributed by atoms with van der Waals surface area (Å²) in [5.74, 6) is -0.808.